The highest BCUT2D eigenvalue weighted by Crippen LogP contribution is 2.19. The van der Waals surface area contributed by atoms with Crippen molar-refractivity contribution < 1.29 is 0 Å². The molecule has 1 aliphatic rings. The fourth-order valence-corrected chi connectivity index (χ4v) is 1.39. The number of alkyl halides is 1. The Balaban J connectivity index is 2.48. The number of allylic oxidation sites excluding steroid dienone is 4. The summed E-state index contributed by atoms with van der Waals surface area (Å²) in [6, 6.07) is 0. The van der Waals surface area contributed by atoms with Gasteiger partial charge in [-0.25, -0.2) is 0 Å². The van der Waals surface area contributed by atoms with Crippen molar-refractivity contribution in [1.82, 2.24) is 0 Å². The average molecular weight is 207 g/mol. The largest absolute Gasteiger partial charge is 0.0922 e. The first-order valence-corrected chi connectivity index (χ1v) is 4.42. The number of rotatable bonds is 1. The first-order valence-electron chi connectivity index (χ1n) is 2.93. The second-order valence-electron chi connectivity index (χ2n) is 2.10. The molecule has 0 aliphatic heterocycles. The van der Waals surface area contributed by atoms with E-state index in [4.69, 9.17) is 11.6 Å². The lowest BCUT2D eigenvalue weighted by Gasteiger charge is -2.08. The van der Waals surface area contributed by atoms with Gasteiger partial charge in [0.15, 0.2) is 0 Å². The lowest BCUT2D eigenvalue weighted by atomic mass is 10.0. The van der Waals surface area contributed by atoms with Crippen LogP contribution in [0.4, 0.5) is 0 Å². The van der Waals surface area contributed by atoms with Gasteiger partial charge in [0.2, 0.25) is 0 Å². The molecule has 0 bridgehead atoms. The van der Waals surface area contributed by atoms with E-state index in [1.54, 1.807) is 0 Å². The van der Waals surface area contributed by atoms with E-state index < -0.39 is 0 Å². The van der Waals surface area contributed by atoms with Crippen LogP contribution < -0.4 is 0 Å². The third-order valence-corrected chi connectivity index (χ3v) is 2.45. The van der Waals surface area contributed by atoms with Crippen molar-refractivity contribution in [1.29, 1.82) is 0 Å². The molecule has 1 atom stereocenters. The van der Waals surface area contributed by atoms with Crippen molar-refractivity contribution >= 4 is 27.5 Å². The van der Waals surface area contributed by atoms with Crippen LogP contribution in [0.2, 0.25) is 0 Å². The number of hydrogen-bond donors (Lipinski definition) is 0. The SMILES string of the molecule is ClC1=CCC(CBr)C=C1. The minimum atomic E-state index is 0.646. The van der Waals surface area contributed by atoms with Crippen molar-refractivity contribution in [2.45, 2.75) is 6.42 Å². The fraction of sp³-hybridized carbons (Fsp3) is 0.429. The van der Waals surface area contributed by atoms with Crippen LogP contribution in [0.25, 0.3) is 0 Å². The first kappa shape index (κ1) is 7.36. The normalized spacial score (nSPS) is 26.0. The molecular formula is C7H8BrCl. The van der Waals surface area contributed by atoms with Gasteiger partial charge in [0.1, 0.15) is 0 Å². The smallest absolute Gasteiger partial charge is 0.0363 e. The highest BCUT2D eigenvalue weighted by Gasteiger charge is 2.04. The lowest BCUT2D eigenvalue weighted by Crippen LogP contribution is -1.98. The van der Waals surface area contributed by atoms with E-state index in [2.05, 4.69) is 22.0 Å². The summed E-state index contributed by atoms with van der Waals surface area (Å²) >= 11 is 9.11. The average Bonchev–Trinajstić information content (AvgIpc) is 1.90. The summed E-state index contributed by atoms with van der Waals surface area (Å²) in [5, 5.41) is 1.90. The third kappa shape index (κ3) is 2.15. The quantitative estimate of drug-likeness (QED) is 0.580. The molecule has 0 nitrogen and oxygen atoms in total. The number of halogens is 2. The van der Waals surface area contributed by atoms with Crippen molar-refractivity contribution in [2.24, 2.45) is 5.92 Å². The molecule has 50 valence electrons. The Labute approximate surface area is 68.7 Å². The zero-order chi connectivity index (χ0) is 6.69. The fourth-order valence-electron chi connectivity index (χ4n) is 0.753. The van der Waals surface area contributed by atoms with Crippen LogP contribution in [0, 0.1) is 5.92 Å². The highest BCUT2D eigenvalue weighted by atomic mass is 79.9. The second kappa shape index (κ2) is 3.43. The molecule has 1 rings (SSSR count). The second-order valence-corrected chi connectivity index (χ2v) is 3.18. The molecular weight excluding hydrogens is 199 g/mol. The molecule has 0 spiro atoms. The molecule has 1 unspecified atom stereocenters. The van der Waals surface area contributed by atoms with Gasteiger partial charge in [0.25, 0.3) is 0 Å². The van der Waals surface area contributed by atoms with Gasteiger partial charge in [-0.15, -0.1) is 0 Å². The van der Waals surface area contributed by atoms with E-state index in [0.29, 0.717) is 5.92 Å². The van der Waals surface area contributed by atoms with Crippen molar-refractivity contribution in [3.05, 3.63) is 23.3 Å². The van der Waals surface area contributed by atoms with Crippen LogP contribution in [0.3, 0.4) is 0 Å². The minimum Gasteiger partial charge on any atom is -0.0922 e. The van der Waals surface area contributed by atoms with E-state index in [1.807, 2.05) is 12.2 Å². The van der Waals surface area contributed by atoms with Crippen molar-refractivity contribution in [3.8, 4) is 0 Å². The molecule has 0 N–H and O–H groups in total. The zero-order valence-corrected chi connectivity index (χ0v) is 7.32. The molecule has 0 saturated heterocycles. The molecule has 0 radical (unpaired) electrons. The highest BCUT2D eigenvalue weighted by molar-refractivity contribution is 9.09. The standard InChI is InChI=1S/C7H8BrCl/c8-5-6-1-3-7(9)4-2-6/h1,3-4,6H,2,5H2. The molecule has 9 heavy (non-hydrogen) atoms. The Morgan fingerprint density at radius 2 is 2.56 bits per heavy atom. The van der Waals surface area contributed by atoms with Crippen LogP contribution in [-0.4, -0.2) is 5.33 Å². The van der Waals surface area contributed by atoms with E-state index in [9.17, 15) is 0 Å². The first-order chi connectivity index (χ1) is 4.33. The van der Waals surface area contributed by atoms with Crippen molar-refractivity contribution in [3.63, 3.8) is 0 Å². The van der Waals surface area contributed by atoms with Gasteiger partial charge >= 0.3 is 0 Å². The minimum absolute atomic E-state index is 0.646. The third-order valence-electron chi connectivity index (χ3n) is 1.34. The topological polar surface area (TPSA) is 0 Å². The molecule has 1 aliphatic carbocycles. The Hall–Kier alpha value is 0.250. The molecule has 0 saturated carbocycles. The maximum atomic E-state index is 5.70. The van der Waals surface area contributed by atoms with Gasteiger partial charge in [-0.2, -0.15) is 0 Å². The molecule has 0 amide bonds. The summed E-state index contributed by atoms with van der Waals surface area (Å²) in [7, 11) is 0. The van der Waals surface area contributed by atoms with Crippen molar-refractivity contribution in [2.75, 3.05) is 5.33 Å². The molecule has 0 fully saturated rings. The van der Waals surface area contributed by atoms with Gasteiger partial charge in [-0.1, -0.05) is 39.7 Å². The van der Waals surface area contributed by atoms with Gasteiger partial charge in [-0.05, 0) is 18.4 Å². The summed E-state index contributed by atoms with van der Waals surface area (Å²) < 4.78 is 0. The molecule has 0 heterocycles. The number of hydrogen-bond acceptors (Lipinski definition) is 0. The predicted molar refractivity (Wildman–Crippen MR) is 45.0 cm³/mol. The molecule has 0 aromatic heterocycles. The Morgan fingerprint density at radius 1 is 1.78 bits per heavy atom. The van der Waals surface area contributed by atoms with Gasteiger partial charge in [0, 0.05) is 10.4 Å². The molecule has 2 heteroatoms. The van der Waals surface area contributed by atoms with E-state index in [0.717, 1.165) is 16.8 Å². The molecule has 0 aromatic rings. The predicted octanol–water partition coefficient (Wildman–Crippen LogP) is 3.08. The van der Waals surface area contributed by atoms with E-state index in [1.165, 1.54) is 0 Å². The maximum absolute atomic E-state index is 5.70. The van der Waals surface area contributed by atoms with E-state index >= 15 is 0 Å². The maximum Gasteiger partial charge on any atom is 0.0363 e. The van der Waals surface area contributed by atoms with E-state index in [-0.39, 0.29) is 0 Å². The summed E-state index contributed by atoms with van der Waals surface area (Å²) in [6.07, 6.45) is 7.21. The Morgan fingerprint density at radius 3 is 3.00 bits per heavy atom. The van der Waals surface area contributed by atoms with Crippen LogP contribution in [0.1, 0.15) is 6.42 Å². The zero-order valence-electron chi connectivity index (χ0n) is 4.98. The van der Waals surface area contributed by atoms with Crippen LogP contribution in [0.5, 0.6) is 0 Å². The summed E-state index contributed by atoms with van der Waals surface area (Å²) in [4.78, 5) is 0. The van der Waals surface area contributed by atoms with Crippen LogP contribution in [0.15, 0.2) is 23.3 Å². The summed E-state index contributed by atoms with van der Waals surface area (Å²) in [6.45, 7) is 0. The molecule has 0 aromatic carbocycles. The summed E-state index contributed by atoms with van der Waals surface area (Å²) in [5.41, 5.74) is 0. The Bertz CT molecular complexity index is 149. The van der Waals surface area contributed by atoms with Crippen LogP contribution >= 0.6 is 27.5 Å². The van der Waals surface area contributed by atoms with Gasteiger partial charge in [0.05, 0.1) is 0 Å². The summed E-state index contributed by atoms with van der Waals surface area (Å²) in [5.74, 6) is 0.646. The monoisotopic (exact) mass is 206 g/mol. The van der Waals surface area contributed by atoms with Gasteiger partial charge < -0.3 is 0 Å². The lowest BCUT2D eigenvalue weighted by molar-refractivity contribution is 0.753. The van der Waals surface area contributed by atoms with Crippen LogP contribution in [-0.2, 0) is 0 Å². The van der Waals surface area contributed by atoms with Gasteiger partial charge in [-0.3, -0.25) is 0 Å². The Kier molecular flexibility index (Phi) is 2.80.